The molecule has 50 heavy (non-hydrogen) atoms. The smallest absolute Gasteiger partial charge is 0.407 e. The highest BCUT2D eigenvalue weighted by Gasteiger charge is 2.49. The summed E-state index contributed by atoms with van der Waals surface area (Å²) in [5, 5.41) is 30.3. The summed E-state index contributed by atoms with van der Waals surface area (Å²) in [7, 11) is 3.07. The normalized spacial score (nSPS) is 17.2. The number of nitrogens with one attached hydrogen (secondary N) is 4. The van der Waals surface area contributed by atoms with Crippen LogP contribution in [0.3, 0.4) is 0 Å². The molecule has 0 saturated carbocycles. The van der Waals surface area contributed by atoms with E-state index in [4.69, 9.17) is 4.74 Å². The molecule has 2 rings (SSSR count). The summed E-state index contributed by atoms with van der Waals surface area (Å²) in [5.41, 5.74) is -0.103. The Morgan fingerprint density at radius 1 is 1.02 bits per heavy atom. The van der Waals surface area contributed by atoms with Gasteiger partial charge in [-0.05, 0) is 36.7 Å². The molecule has 1 heterocycles. The number of carbonyl (C=O) groups is 7. The molecule has 1 fully saturated rings. The molecule has 0 spiro atoms. The molecule has 16 heteroatoms. The predicted octanol–water partition coefficient (Wildman–Crippen LogP) is -0.0190. The van der Waals surface area contributed by atoms with Crippen LogP contribution in [0, 0.1) is 11.3 Å². The molecule has 6 amide bonds. The van der Waals surface area contributed by atoms with Crippen molar-refractivity contribution >= 4 is 41.4 Å². The third kappa shape index (κ3) is 12.1. The minimum absolute atomic E-state index is 0.00150. The molecule has 1 saturated heterocycles. The Bertz CT molecular complexity index is 1390. The zero-order chi connectivity index (χ0) is 38.0. The molecule has 1 aromatic carbocycles. The monoisotopic (exact) mass is 704 g/mol. The van der Waals surface area contributed by atoms with E-state index in [9.17, 15) is 43.8 Å². The van der Waals surface area contributed by atoms with E-state index in [1.807, 2.05) is 0 Å². The molecule has 0 aromatic heterocycles. The molecular weight excluding hydrogens is 652 g/mol. The molecule has 1 aliphatic heterocycles. The summed E-state index contributed by atoms with van der Waals surface area (Å²) in [6, 6.07) is 3.06. The van der Waals surface area contributed by atoms with Gasteiger partial charge in [0.25, 0.3) is 11.8 Å². The summed E-state index contributed by atoms with van der Waals surface area (Å²) in [6.07, 6.45) is -0.499. The van der Waals surface area contributed by atoms with Gasteiger partial charge in [-0.1, -0.05) is 71.4 Å². The van der Waals surface area contributed by atoms with Gasteiger partial charge in [0, 0.05) is 20.6 Å². The fourth-order valence-corrected chi connectivity index (χ4v) is 5.37. The third-order valence-corrected chi connectivity index (χ3v) is 7.88. The van der Waals surface area contributed by atoms with Crippen molar-refractivity contribution in [2.75, 3.05) is 33.8 Å². The largest absolute Gasteiger partial charge is 0.449 e. The highest BCUT2D eigenvalue weighted by Crippen LogP contribution is 2.35. The lowest BCUT2D eigenvalue weighted by molar-refractivity contribution is -0.182. The van der Waals surface area contributed by atoms with E-state index in [1.165, 1.54) is 19.0 Å². The minimum Gasteiger partial charge on any atom is -0.449 e. The van der Waals surface area contributed by atoms with Crippen LogP contribution in [0.15, 0.2) is 30.3 Å². The summed E-state index contributed by atoms with van der Waals surface area (Å²) in [6.45, 7) is 9.19. The first-order chi connectivity index (χ1) is 23.2. The Balaban J connectivity index is 2.16. The first kappa shape index (κ1) is 41.6. The maximum absolute atomic E-state index is 13.7. The number of aliphatic hydroxyl groups is 2. The average molecular weight is 705 g/mol. The molecular formula is C34H52N6O10. The standard InChI is InChI=1S/C34H52N6O10/c1-9-13-22(26(42)29(44)35-17-24(41)37-25(30(45)39(7)8)21-14-11-10-12-15-21)36-28(43)23-16-33(4,5)19-40(23)31(46)27(34(6,48)49)38-32(47)50-18-20(2)3/h10-12,14-15,20,22-23,25,27,48-49H,9,13,16-19H2,1-8H3,(H,35,44)(H,36,43)(H,37,41)(H,38,47). The number of likely N-dealkylation sites (tertiary alicyclic amines) is 1. The van der Waals surface area contributed by atoms with E-state index in [2.05, 4.69) is 21.3 Å². The maximum Gasteiger partial charge on any atom is 0.407 e. The fourth-order valence-electron chi connectivity index (χ4n) is 5.37. The van der Waals surface area contributed by atoms with Crippen molar-refractivity contribution in [3.05, 3.63) is 35.9 Å². The number of nitrogens with zero attached hydrogens (tertiary/aromatic N) is 2. The van der Waals surface area contributed by atoms with Crippen molar-refractivity contribution in [1.82, 2.24) is 31.1 Å². The van der Waals surface area contributed by atoms with E-state index >= 15 is 0 Å². The topological polar surface area (TPSA) is 224 Å². The van der Waals surface area contributed by atoms with Crippen molar-refractivity contribution in [3.8, 4) is 0 Å². The second-order valence-electron chi connectivity index (χ2n) is 14.1. The van der Waals surface area contributed by atoms with Gasteiger partial charge in [0.05, 0.1) is 19.2 Å². The van der Waals surface area contributed by atoms with E-state index < -0.39 is 83.3 Å². The third-order valence-electron chi connectivity index (χ3n) is 7.88. The molecule has 1 aliphatic rings. The molecule has 0 bridgehead atoms. The second kappa shape index (κ2) is 17.9. The van der Waals surface area contributed by atoms with Crippen LogP contribution in [0.5, 0.6) is 0 Å². The molecule has 1 aromatic rings. The lowest BCUT2D eigenvalue weighted by Crippen LogP contribution is -2.62. The van der Waals surface area contributed by atoms with Crippen molar-refractivity contribution in [3.63, 3.8) is 0 Å². The highest BCUT2D eigenvalue weighted by atomic mass is 16.6. The molecule has 0 aliphatic carbocycles. The van der Waals surface area contributed by atoms with Crippen LogP contribution in [0.25, 0.3) is 0 Å². The van der Waals surface area contributed by atoms with E-state index in [-0.39, 0.29) is 31.9 Å². The zero-order valence-corrected chi connectivity index (χ0v) is 30.1. The van der Waals surface area contributed by atoms with Gasteiger partial charge in [0.2, 0.25) is 23.5 Å². The number of rotatable bonds is 16. The quantitative estimate of drug-likeness (QED) is 0.0997. The van der Waals surface area contributed by atoms with E-state index in [1.54, 1.807) is 65.0 Å². The van der Waals surface area contributed by atoms with Crippen LogP contribution < -0.4 is 21.3 Å². The first-order valence-electron chi connectivity index (χ1n) is 16.5. The SMILES string of the molecule is CCCC(NC(=O)C1CC(C)(C)CN1C(=O)C(NC(=O)OCC(C)C)C(C)(O)O)C(=O)C(=O)NCC(=O)NC(C(=O)N(C)C)c1ccccc1. The van der Waals surface area contributed by atoms with Gasteiger partial charge in [-0.15, -0.1) is 0 Å². The van der Waals surface area contributed by atoms with Crippen LogP contribution in [-0.4, -0.2) is 119 Å². The number of hydrogen-bond donors (Lipinski definition) is 6. The van der Waals surface area contributed by atoms with Gasteiger partial charge >= 0.3 is 6.09 Å². The minimum atomic E-state index is -2.73. The Kier molecular flexibility index (Phi) is 14.9. The molecule has 278 valence electrons. The molecule has 0 radical (unpaired) electrons. The van der Waals surface area contributed by atoms with Crippen LogP contribution in [0.2, 0.25) is 0 Å². The summed E-state index contributed by atoms with van der Waals surface area (Å²) in [5.74, 6) is -7.80. The van der Waals surface area contributed by atoms with Gasteiger partial charge in [0.15, 0.2) is 11.8 Å². The highest BCUT2D eigenvalue weighted by molar-refractivity contribution is 6.38. The number of carbonyl (C=O) groups excluding carboxylic acids is 7. The summed E-state index contributed by atoms with van der Waals surface area (Å²) < 4.78 is 5.04. The van der Waals surface area contributed by atoms with Crippen LogP contribution in [-0.2, 0) is 33.5 Å². The number of hydrogen-bond acceptors (Lipinski definition) is 10. The van der Waals surface area contributed by atoms with Crippen molar-refractivity contribution in [2.24, 2.45) is 11.3 Å². The first-order valence-corrected chi connectivity index (χ1v) is 16.5. The lowest BCUT2D eigenvalue weighted by atomic mass is 9.90. The maximum atomic E-state index is 13.7. The number of Topliss-reactive ketones (excluding diaryl/α,β-unsaturated/α-hetero) is 1. The van der Waals surface area contributed by atoms with Gasteiger partial charge in [0.1, 0.15) is 12.1 Å². The molecule has 16 nitrogen and oxygen atoms in total. The van der Waals surface area contributed by atoms with Crippen molar-refractivity contribution in [1.29, 1.82) is 0 Å². The lowest BCUT2D eigenvalue weighted by Gasteiger charge is -2.33. The molecule has 4 unspecified atom stereocenters. The second-order valence-corrected chi connectivity index (χ2v) is 14.1. The number of alkyl carbamates (subject to hydrolysis) is 1. The fraction of sp³-hybridized carbons (Fsp3) is 0.618. The van der Waals surface area contributed by atoms with Crippen LogP contribution in [0.1, 0.15) is 72.4 Å². The van der Waals surface area contributed by atoms with E-state index in [0.29, 0.717) is 12.0 Å². The average Bonchev–Trinajstić information content (AvgIpc) is 3.37. The Morgan fingerprint density at radius 3 is 2.18 bits per heavy atom. The van der Waals surface area contributed by atoms with Gasteiger partial charge < -0.3 is 46.0 Å². The van der Waals surface area contributed by atoms with Gasteiger partial charge in [-0.2, -0.15) is 0 Å². The summed E-state index contributed by atoms with van der Waals surface area (Å²) in [4.78, 5) is 93.7. The number of amides is 6. The van der Waals surface area contributed by atoms with Gasteiger partial charge in [-0.25, -0.2) is 4.79 Å². The molecule has 6 N–H and O–H groups in total. The number of ketones is 1. The van der Waals surface area contributed by atoms with Crippen LogP contribution >= 0.6 is 0 Å². The zero-order valence-electron chi connectivity index (χ0n) is 30.1. The van der Waals surface area contributed by atoms with E-state index in [0.717, 1.165) is 11.8 Å². The Labute approximate surface area is 292 Å². The molecule has 4 atom stereocenters. The van der Waals surface area contributed by atoms with Crippen LogP contribution in [0.4, 0.5) is 4.79 Å². The predicted molar refractivity (Wildman–Crippen MR) is 181 cm³/mol. The number of ether oxygens (including phenoxy) is 1. The number of benzene rings is 1. The summed E-state index contributed by atoms with van der Waals surface area (Å²) >= 11 is 0. The van der Waals surface area contributed by atoms with Crippen molar-refractivity contribution in [2.45, 2.75) is 90.8 Å². The Hall–Kier alpha value is -4.57. The van der Waals surface area contributed by atoms with Crippen molar-refractivity contribution < 1.29 is 48.5 Å². The van der Waals surface area contributed by atoms with Gasteiger partial charge in [-0.3, -0.25) is 28.8 Å². The Morgan fingerprint density at radius 2 is 1.64 bits per heavy atom. The number of likely N-dealkylation sites (N-methyl/N-ethyl adjacent to an activating group) is 1.